The van der Waals surface area contributed by atoms with Crippen LogP contribution in [-0.4, -0.2) is 12.6 Å². The van der Waals surface area contributed by atoms with Crippen LogP contribution in [-0.2, 0) is 4.52 Å². The van der Waals surface area contributed by atoms with Crippen molar-refractivity contribution >= 4 is 15.6 Å². The number of nitrogens with one attached hydrogen (secondary N) is 1. The van der Waals surface area contributed by atoms with Gasteiger partial charge in [-0.1, -0.05) is 6.92 Å². The first-order valence-electron chi connectivity index (χ1n) is 2.45. The van der Waals surface area contributed by atoms with Gasteiger partial charge in [0.2, 0.25) is 0 Å². The van der Waals surface area contributed by atoms with E-state index >= 15 is 0 Å². The van der Waals surface area contributed by atoms with E-state index in [1.807, 2.05) is 16.4 Å². The van der Waals surface area contributed by atoms with Crippen LogP contribution in [0, 0.1) is 0 Å². The van der Waals surface area contributed by atoms with Crippen LogP contribution in [0.25, 0.3) is 0 Å². The predicted octanol–water partition coefficient (Wildman–Crippen LogP) is 0.913. The van der Waals surface area contributed by atoms with Crippen molar-refractivity contribution in [1.29, 1.82) is 0 Å². The minimum Gasteiger partial charge on any atom is -0.435 e. The first-order valence-corrected chi connectivity index (χ1v) is 2.93. The van der Waals surface area contributed by atoms with Crippen molar-refractivity contribution in [3.8, 4) is 0 Å². The smallest absolute Gasteiger partial charge is 0.409 e. The summed E-state index contributed by atoms with van der Waals surface area (Å²) in [5, 5.41) is 2.50. The Morgan fingerprint density at radius 3 is 2.88 bits per heavy atom. The highest BCUT2D eigenvalue weighted by molar-refractivity contribution is 7.10. The van der Waals surface area contributed by atoms with E-state index < -0.39 is 6.09 Å². The monoisotopic (exact) mass is 135 g/mol. The molecule has 1 amide bonds. The number of hydrogen-bond donors (Lipinski definition) is 1. The van der Waals surface area contributed by atoms with E-state index in [1.54, 1.807) is 0 Å². The highest BCUT2D eigenvalue weighted by Crippen LogP contribution is 1.84. The van der Waals surface area contributed by atoms with E-state index in [0.717, 1.165) is 6.42 Å². The predicted molar refractivity (Wildman–Crippen MR) is 34.5 cm³/mol. The van der Waals surface area contributed by atoms with Gasteiger partial charge in [0.05, 0.1) is 9.47 Å². The summed E-state index contributed by atoms with van der Waals surface area (Å²) in [6.45, 7) is 2.65. The Balaban J connectivity index is 2.99. The van der Waals surface area contributed by atoms with Gasteiger partial charge in [-0.2, -0.15) is 0 Å². The summed E-state index contributed by atoms with van der Waals surface area (Å²) < 4.78 is 4.22. The molecule has 1 unspecified atom stereocenters. The van der Waals surface area contributed by atoms with Gasteiger partial charge in [-0.05, 0) is 6.42 Å². The molecule has 0 spiro atoms. The molecule has 1 atom stereocenters. The molecular weight excluding hydrogens is 125 g/mol. The molecule has 0 rings (SSSR count). The van der Waals surface area contributed by atoms with E-state index in [0.29, 0.717) is 6.54 Å². The van der Waals surface area contributed by atoms with Crippen LogP contribution >= 0.6 is 9.47 Å². The maximum absolute atomic E-state index is 10.2. The maximum Gasteiger partial charge on any atom is 0.409 e. The zero-order chi connectivity index (χ0) is 6.41. The van der Waals surface area contributed by atoms with Gasteiger partial charge in [0.25, 0.3) is 0 Å². The highest BCUT2D eigenvalue weighted by Gasteiger charge is 1.92. The second-order valence-electron chi connectivity index (χ2n) is 1.33. The minimum atomic E-state index is -0.392. The van der Waals surface area contributed by atoms with Crippen LogP contribution in [0.15, 0.2) is 0 Å². The van der Waals surface area contributed by atoms with E-state index in [2.05, 4.69) is 9.84 Å². The zero-order valence-corrected chi connectivity index (χ0v) is 5.96. The molecule has 8 heavy (non-hydrogen) atoms. The molecule has 1 N–H and O–H groups in total. The molecule has 0 aromatic carbocycles. The molecule has 0 aliphatic rings. The maximum atomic E-state index is 10.2. The molecule has 0 aliphatic heterocycles. The number of amides is 1. The normalized spacial score (nSPS) is 8.25. The lowest BCUT2D eigenvalue weighted by Gasteiger charge is -1.97. The molecule has 0 aliphatic carbocycles. The van der Waals surface area contributed by atoms with Crippen LogP contribution < -0.4 is 5.32 Å². The average Bonchev–Trinajstić information content (AvgIpc) is 1.83. The quantitative estimate of drug-likeness (QED) is 0.571. The van der Waals surface area contributed by atoms with Gasteiger partial charge in [-0.25, -0.2) is 4.79 Å². The summed E-state index contributed by atoms with van der Waals surface area (Å²) in [5.41, 5.74) is 0. The average molecular weight is 135 g/mol. The summed E-state index contributed by atoms with van der Waals surface area (Å²) in [4.78, 5) is 10.2. The molecular formula is C4H10NO2P. The minimum absolute atomic E-state index is 0.392. The second-order valence-corrected chi connectivity index (χ2v) is 1.57. The van der Waals surface area contributed by atoms with Crippen molar-refractivity contribution in [1.82, 2.24) is 5.32 Å². The van der Waals surface area contributed by atoms with E-state index in [1.165, 1.54) is 0 Å². The van der Waals surface area contributed by atoms with Gasteiger partial charge in [-0.3, -0.25) is 0 Å². The third-order valence-corrected chi connectivity index (χ3v) is 0.840. The third-order valence-electron chi connectivity index (χ3n) is 0.626. The third kappa shape index (κ3) is 3.88. The Kier molecular flexibility index (Phi) is 4.67. The van der Waals surface area contributed by atoms with Crippen LogP contribution in [0.1, 0.15) is 13.3 Å². The van der Waals surface area contributed by atoms with Crippen molar-refractivity contribution in [3.05, 3.63) is 0 Å². The molecule has 0 saturated heterocycles. The molecule has 0 saturated carbocycles. The number of carbonyl (C=O) groups is 1. The summed E-state index contributed by atoms with van der Waals surface area (Å²) in [6.07, 6.45) is 0.539. The van der Waals surface area contributed by atoms with Crippen molar-refractivity contribution in [2.75, 3.05) is 6.54 Å². The van der Waals surface area contributed by atoms with Crippen LogP contribution in [0.2, 0.25) is 0 Å². The Morgan fingerprint density at radius 1 is 1.88 bits per heavy atom. The second kappa shape index (κ2) is 4.85. The first kappa shape index (κ1) is 7.70. The van der Waals surface area contributed by atoms with Crippen molar-refractivity contribution in [2.24, 2.45) is 0 Å². The first-order chi connectivity index (χ1) is 3.81. The Bertz CT molecular complexity index is 76.4. The molecule has 0 aromatic rings. The zero-order valence-electron chi connectivity index (χ0n) is 4.81. The summed E-state index contributed by atoms with van der Waals surface area (Å²) in [6, 6.07) is 0. The topological polar surface area (TPSA) is 38.3 Å². The van der Waals surface area contributed by atoms with E-state index in [9.17, 15) is 4.79 Å². The van der Waals surface area contributed by atoms with E-state index in [4.69, 9.17) is 0 Å². The van der Waals surface area contributed by atoms with Crippen LogP contribution in [0.5, 0.6) is 0 Å². The Morgan fingerprint density at radius 2 is 2.50 bits per heavy atom. The molecule has 0 bridgehead atoms. The molecule has 3 nitrogen and oxygen atoms in total. The van der Waals surface area contributed by atoms with Gasteiger partial charge >= 0.3 is 6.09 Å². The van der Waals surface area contributed by atoms with Gasteiger partial charge in [0, 0.05) is 6.54 Å². The number of carbonyl (C=O) groups excluding carboxylic acids is 1. The Labute approximate surface area is 51.1 Å². The van der Waals surface area contributed by atoms with Crippen LogP contribution in [0.4, 0.5) is 4.79 Å². The summed E-state index contributed by atoms with van der Waals surface area (Å²) in [7, 11) is 1.88. The summed E-state index contributed by atoms with van der Waals surface area (Å²) >= 11 is 0. The SMILES string of the molecule is CCCNC(=O)OP. The fourth-order valence-electron chi connectivity index (χ4n) is 0.269. The van der Waals surface area contributed by atoms with Gasteiger partial charge in [0.15, 0.2) is 0 Å². The highest BCUT2D eigenvalue weighted by atomic mass is 31.0. The Hall–Kier alpha value is -0.300. The van der Waals surface area contributed by atoms with E-state index in [-0.39, 0.29) is 0 Å². The van der Waals surface area contributed by atoms with Crippen LogP contribution in [0.3, 0.4) is 0 Å². The molecule has 48 valence electrons. The molecule has 0 aromatic heterocycles. The van der Waals surface area contributed by atoms with Gasteiger partial charge in [-0.15, -0.1) is 0 Å². The number of hydrogen-bond acceptors (Lipinski definition) is 2. The number of rotatable bonds is 2. The van der Waals surface area contributed by atoms with Crippen molar-refractivity contribution in [2.45, 2.75) is 13.3 Å². The molecule has 0 heterocycles. The summed E-state index contributed by atoms with van der Waals surface area (Å²) in [5.74, 6) is 0. The molecule has 0 radical (unpaired) electrons. The lowest BCUT2D eigenvalue weighted by Crippen LogP contribution is -2.21. The lowest BCUT2D eigenvalue weighted by atomic mass is 10.5. The standard InChI is InChI=1S/C4H10NO2P/c1-2-3-5-4(6)7-8/h2-3,8H2,1H3,(H,5,6). The lowest BCUT2D eigenvalue weighted by molar-refractivity contribution is 0.208. The fraction of sp³-hybridized carbons (Fsp3) is 0.750. The van der Waals surface area contributed by atoms with Crippen molar-refractivity contribution < 1.29 is 9.32 Å². The largest absolute Gasteiger partial charge is 0.435 e. The molecule has 4 heteroatoms. The molecule has 0 fully saturated rings. The van der Waals surface area contributed by atoms with Gasteiger partial charge in [0.1, 0.15) is 0 Å². The van der Waals surface area contributed by atoms with Crippen molar-refractivity contribution in [3.63, 3.8) is 0 Å². The van der Waals surface area contributed by atoms with Gasteiger partial charge < -0.3 is 9.84 Å². The fourth-order valence-corrected chi connectivity index (χ4v) is 0.352.